The molecule has 2 radical (unpaired) electrons. The van der Waals surface area contributed by atoms with Crippen molar-refractivity contribution in [2.45, 2.75) is 155 Å². The van der Waals surface area contributed by atoms with Crippen LogP contribution in [0.3, 0.4) is 0 Å². The summed E-state index contributed by atoms with van der Waals surface area (Å²) in [6.07, 6.45) is 0. The second kappa shape index (κ2) is 8.39. The van der Waals surface area contributed by atoms with E-state index in [0.29, 0.717) is 0 Å². The van der Waals surface area contributed by atoms with Crippen molar-refractivity contribution in [3.63, 3.8) is 0 Å². The summed E-state index contributed by atoms with van der Waals surface area (Å²) in [6, 6.07) is 0. The summed E-state index contributed by atoms with van der Waals surface area (Å²) in [4.78, 5) is 0. The molecule has 0 aliphatic heterocycles. The minimum Gasteiger partial charge on any atom is -0.160 e. The number of rotatable bonds is 3. The van der Waals surface area contributed by atoms with Crippen LogP contribution in [-0.2, 0) is 0 Å². The maximum atomic E-state index is 8.18. The Labute approximate surface area is 209 Å². The molecule has 0 bridgehead atoms. The number of halogens is 2. The molecule has 0 fully saturated rings. The van der Waals surface area contributed by atoms with Crippen molar-refractivity contribution >= 4 is 55.1 Å². The summed E-state index contributed by atoms with van der Waals surface area (Å²) in [5, 5.41) is -0.887. The first kappa shape index (κ1) is 31.6. The van der Waals surface area contributed by atoms with E-state index in [0.717, 1.165) is 8.55 Å². The molecule has 0 spiro atoms. The Balaban J connectivity index is 7.56. The third kappa shape index (κ3) is 4.87. The Kier molecular flexibility index (Phi) is 8.85. The molecule has 0 aromatic carbocycles. The van der Waals surface area contributed by atoms with E-state index in [1.165, 1.54) is 0 Å². The average molecular weight is 570 g/mol. The normalized spacial score (nSPS) is 18.4. The smallest absolute Gasteiger partial charge is 0.160 e. The molecule has 180 valence electrons. The van der Waals surface area contributed by atoms with Crippen LogP contribution >= 0.6 is 26.4 Å². The SMILES string of the molecule is CC(C)(C)[Si]([Si][Si](Cl)(Br)[Si](C(C)(C)C)(C(C)(C)C)C(C)(C)C)(C(C)(C)C)C(C)(C)C. The molecule has 6 heteroatoms. The minimum atomic E-state index is -2.34. The van der Waals surface area contributed by atoms with Crippen LogP contribution in [0.5, 0.6) is 0 Å². The molecule has 0 saturated heterocycles. The van der Waals surface area contributed by atoms with Crippen LogP contribution in [0.15, 0.2) is 0 Å². The van der Waals surface area contributed by atoms with Gasteiger partial charge in [0.15, 0.2) is 5.04 Å². The van der Waals surface area contributed by atoms with Crippen molar-refractivity contribution in [3.8, 4) is 0 Å². The van der Waals surface area contributed by atoms with Gasteiger partial charge < -0.3 is 0 Å². The van der Waals surface area contributed by atoms with Crippen molar-refractivity contribution in [2.24, 2.45) is 0 Å². The van der Waals surface area contributed by atoms with Gasteiger partial charge in [-0.25, -0.2) is 0 Å². The highest BCUT2D eigenvalue weighted by Gasteiger charge is 2.74. The van der Waals surface area contributed by atoms with Gasteiger partial charge in [-0.2, -0.15) is 11.1 Å². The fourth-order valence-electron chi connectivity index (χ4n) is 9.05. The van der Waals surface area contributed by atoms with E-state index in [1.807, 2.05) is 0 Å². The highest BCUT2D eigenvalue weighted by molar-refractivity contribution is 9.31. The van der Waals surface area contributed by atoms with Gasteiger partial charge in [0.2, 0.25) is 0 Å². The molecule has 0 aromatic heterocycles. The molecule has 1 atom stereocenters. The molecule has 30 heavy (non-hydrogen) atoms. The van der Waals surface area contributed by atoms with E-state index in [-0.39, 0.29) is 30.2 Å². The largest absolute Gasteiger partial charge is 0.198 e. The lowest BCUT2D eigenvalue weighted by molar-refractivity contribution is 0.552. The van der Waals surface area contributed by atoms with Crippen LogP contribution in [0.4, 0.5) is 0 Å². The number of hydrogen-bond acceptors (Lipinski definition) is 0. The Morgan fingerprint density at radius 1 is 0.467 bits per heavy atom. The molecule has 1 unspecified atom stereocenters. The van der Waals surface area contributed by atoms with Crippen LogP contribution in [0, 0.1) is 0 Å². The predicted octanol–water partition coefficient (Wildman–Crippen LogP) is 10.5. The van der Waals surface area contributed by atoms with Gasteiger partial charge in [0, 0.05) is 0 Å². The first-order chi connectivity index (χ1) is 12.5. The summed E-state index contributed by atoms with van der Waals surface area (Å²) in [5.41, 5.74) is 0. The topological polar surface area (TPSA) is 0 Å². The van der Waals surface area contributed by atoms with Gasteiger partial charge in [-0.1, -0.05) is 125 Å². The lowest BCUT2D eigenvalue weighted by Crippen LogP contribution is -2.80. The fraction of sp³-hybridized carbons (Fsp3) is 1.00. The van der Waals surface area contributed by atoms with Gasteiger partial charge in [0.1, 0.15) is 0 Å². The Morgan fingerprint density at radius 2 is 0.667 bits per heavy atom. The van der Waals surface area contributed by atoms with Gasteiger partial charge in [-0.3, -0.25) is 0 Å². The Hall–Kier alpha value is 1.64. The highest BCUT2D eigenvalue weighted by atomic mass is 79.9. The lowest BCUT2D eigenvalue weighted by atomic mass is 10.2. The van der Waals surface area contributed by atoms with E-state index >= 15 is 0 Å². The molecule has 0 aromatic rings. The zero-order chi connectivity index (χ0) is 25.2. The van der Waals surface area contributed by atoms with Crippen LogP contribution < -0.4 is 0 Å². The van der Waals surface area contributed by atoms with Crippen molar-refractivity contribution in [3.05, 3.63) is 0 Å². The molecular weight excluding hydrogens is 516 g/mol. The molecule has 0 nitrogen and oxygen atoms in total. The molecule has 0 N–H and O–H groups in total. The van der Waals surface area contributed by atoms with E-state index in [4.69, 9.17) is 11.1 Å². The second-order valence-electron chi connectivity index (χ2n) is 15.7. The summed E-state index contributed by atoms with van der Waals surface area (Å²) < 4.78 is 0. The molecule has 0 amide bonds. The molecule has 0 aliphatic carbocycles. The summed E-state index contributed by atoms with van der Waals surface area (Å²) >= 11 is 12.7. The van der Waals surface area contributed by atoms with Crippen LogP contribution in [0.1, 0.15) is 125 Å². The summed E-state index contributed by atoms with van der Waals surface area (Å²) in [6.45, 7) is 45.2. The fourth-order valence-corrected chi connectivity index (χ4v) is 113. The maximum absolute atomic E-state index is 8.18. The zero-order valence-corrected chi connectivity index (χ0v) is 30.1. The average Bonchev–Trinajstić information content (AvgIpc) is 2.24. The Bertz CT molecular complexity index is 528. The molecule has 0 saturated carbocycles. The van der Waals surface area contributed by atoms with Crippen LogP contribution in [0.25, 0.3) is 0 Å². The third-order valence-electron chi connectivity index (χ3n) is 7.57. The van der Waals surface area contributed by atoms with Gasteiger partial charge in [0.05, 0.1) is 23.7 Å². The van der Waals surface area contributed by atoms with Crippen molar-refractivity contribution in [2.75, 3.05) is 0 Å². The first-order valence-electron chi connectivity index (χ1n) is 11.6. The highest BCUT2D eigenvalue weighted by Crippen LogP contribution is 2.70. The van der Waals surface area contributed by atoms with Gasteiger partial charge >= 0.3 is 0 Å². The van der Waals surface area contributed by atoms with Crippen LogP contribution in [-0.4, -0.2) is 28.8 Å². The molecule has 0 aliphatic rings. The van der Waals surface area contributed by atoms with Gasteiger partial charge in [-0.15, -0.1) is 15.3 Å². The second-order valence-corrected chi connectivity index (χ2v) is 55.5. The van der Waals surface area contributed by atoms with E-state index in [1.54, 1.807) is 0 Å². The van der Waals surface area contributed by atoms with Crippen LogP contribution in [0.2, 0.25) is 30.2 Å². The van der Waals surface area contributed by atoms with E-state index in [9.17, 15) is 0 Å². The monoisotopic (exact) mass is 568 g/mol. The van der Waals surface area contributed by atoms with Crippen molar-refractivity contribution < 1.29 is 0 Å². The maximum Gasteiger partial charge on any atom is 0.198 e. The van der Waals surface area contributed by atoms with Crippen molar-refractivity contribution in [1.29, 1.82) is 0 Å². The lowest BCUT2D eigenvalue weighted by Gasteiger charge is -2.67. The first-order valence-corrected chi connectivity index (χ1v) is 24.9. The van der Waals surface area contributed by atoms with Gasteiger partial charge in [0.25, 0.3) is 0 Å². The summed E-state index contributed by atoms with van der Waals surface area (Å²) in [5.74, 6) is 0. The third-order valence-corrected chi connectivity index (χ3v) is 69.8. The molecule has 0 rings (SSSR count). The molecule has 0 heterocycles. The number of hydrogen-bond donors (Lipinski definition) is 0. The van der Waals surface area contributed by atoms with E-state index < -0.39 is 20.2 Å². The summed E-state index contributed by atoms with van der Waals surface area (Å²) in [7, 11) is -3.17. The van der Waals surface area contributed by atoms with Crippen molar-refractivity contribution in [1.82, 2.24) is 0 Å². The quantitative estimate of drug-likeness (QED) is 0.234. The Morgan fingerprint density at radius 3 is 0.800 bits per heavy atom. The minimum absolute atomic E-state index is 0.210. The van der Waals surface area contributed by atoms with E-state index in [2.05, 4.69) is 140 Å². The standard InChI is InChI=1S/C24H54BrClSi4/c1-19(2,3)28(20(4,5)6,21(7,8)9)27-30(25,26)29(22(10,11)12,23(13,14)15)24(16,17)18/h1-18H3. The predicted molar refractivity (Wildman–Crippen MR) is 156 cm³/mol. The zero-order valence-electron chi connectivity index (χ0n) is 23.8. The molecular formula is C24H54BrClSi4. The van der Waals surface area contributed by atoms with Gasteiger partial charge in [-0.05, 0) is 30.2 Å².